The van der Waals surface area contributed by atoms with E-state index in [2.05, 4.69) is 6.92 Å². The molecule has 3 heteroatoms. The fraction of sp³-hybridized carbons (Fsp3) is 0.900. The van der Waals surface area contributed by atoms with Crippen molar-refractivity contribution in [2.45, 2.75) is 52.4 Å². The van der Waals surface area contributed by atoms with Gasteiger partial charge >= 0.3 is 35.5 Å². The van der Waals surface area contributed by atoms with Crippen LogP contribution >= 0.6 is 0 Å². The van der Waals surface area contributed by atoms with Crippen molar-refractivity contribution in [1.82, 2.24) is 0 Å². The third kappa shape index (κ3) is 15.2. The summed E-state index contributed by atoms with van der Waals surface area (Å²) in [7, 11) is 0. The molecule has 0 aliphatic carbocycles. The summed E-state index contributed by atoms with van der Waals surface area (Å²) in [6, 6.07) is 0. The van der Waals surface area contributed by atoms with Crippen molar-refractivity contribution in [3.05, 3.63) is 0 Å². The minimum Gasteiger partial charge on any atom is -1.00 e. The first kappa shape index (κ1) is 15.9. The van der Waals surface area contributed by atoms with Crippen LogP contribution in [0, 0.1) is 0 Å². The normalized spacial score (nSPS) is 9.08. The van der Waals surface area contributed by atoms with Gasteiger partial charge in [0.05, 0.1) is 6.61 Å². The maximum absolute atomic E-state index is 10.4. The van der Waals surface area contributed by atoms with E-state index in [1.54, 1.807) is 0 Å². The molecule has 2 nitrogen and oxygen atoms in total. The van der Waals surface area contributed by atoms with Crippen LogP contribution in [0.15, 0.2) is 0 Å². The quantitative estimate of drug-likeness (QED) is 0.326. The van der Waals surface area contributed by atoms with Crippen molar-refractivity contribution >= 4 is 5.97 Å². The van der Waals surface area contributed by atoms with Gasteiger partial charge in [0, 0.05) is 6.92 Å². The van der Waals surface area contributed by atoms with Gasteiger partial charge < -0.3 is 6.16 Å². The van der Waals surface area contributed by atoms with Crippen LogP contribution < -0.4 is 29.6 Å². The number of carbonyl (C=O) groups is 1. The zero-order valence-corrected chi connectivity index (χ0v) is 11.3. The summed E-state index contributed by atoms with van der Waals surface area (Å²) in [5.41, 5.74) is 0. The van der Waals surface area contributed by atoms with E-state index >= 15 is 0 Å². The van der Waals surface area contributed by atoms with Gasteiger partial charge in [-0.05, 0) is 6.42 Å². The molecule has 0 fully saturated rings. The van der Waals surface area contributed by atoms with Crippen LogP contribution in [0.3, 0.4) is 0 Å². The second-order valence-corrected chi connectivity index (χ2v) is 3.11. The zero-order valence-electron chi connectivity index (χ0n) is 10.3. The summed E-state index contributed by atoms with van der Waals surface area (Å²) in [6.45, 7) is 4.26. The molecule has 0 amide bonds. The van der Waals surface area contributed by atoms with E-state index in [-0.39, 0.29) is 37.0 Å². The molecule has 0 saturated carbocycles. The molecule has 0 aromatic heterocycles. The van der Waals surface area contributed by atoms with Gasteiger partial charge in [-0.25, -0.2) is 0 Å². The van der Waals surface area contributed by atoms with E-state index < -0.39 is 0 Å². The zero-order chi connectivity index (χ0) is 9.23. The molecule has 74 valence electrons. The summed E-state index contributed by atoms with van der Waals surface area (Å²) in [4.78, 5) is 10.4. The van der Waals surface area contributed by atoms with E-state index in [9.17, 15) is 4.79 Å². The summed E-state index contributed by atoms with van der Waals surface area (Å²) < 4.78 is 4.81. The Labute approximate surface area is 105 Å². The van der Waals surface area contributed by atoms with E-state index in [1.807, 2.05) is 0 Å². The van der Waals surface area contributed by atoms with Gasteiger partial charge in [-0.15, -0.1) is 0 Å². The molecular weight excluding hydrogens is 175 g/mol. The smallest absolute Gasteiger partial charge is 1.00 e. The van der Waals surface area contributed by atoms with Crippen LogP contribution in [0.1, 0.15) is 53.8 Å². The van der Waals surface area contributed by atoms with Crippen molar-refractivity contribution in [3.8, 4) is 0 Å². The first-order valence-corrected chi connectivity index (χ1v) is 4.90. The maximum Gasteiger partial charge on any atom is 1.00 e. The number of ether oxygens (including phenoxy) is 1. The summed E-state index contributed by atoms with van der Waals surface area (Å²) in [5, 5.41) is 0. The Kier molecular flexibility index (Phi) is 15.3. The Hall–Kier alpha value is 0.470. The van der Waals surface area contributed by atoms with Gasteiger partial charge in [0.1, 0.15) is 0 Å². The van der Waals surface area contributed by atoms with E-state index in [1.165, 1.54) is 39.0 Å². The van der Waals surface area contributed by atoms with Crippen molar-refractivity contribution in [2.75, 3.05) is 6.61 Å². The molecular formula is C10H21NaO2. The van der Waals surface area contributed by atoms with E-state index in [0.717, 1.165) is 6.42 Å². The minimum atomic E-state index is -0.163. The van der Waals surface area contributed by atoms with Crippen molar-refractivity contribution < 1.29 is 40.5 Å². The number of hydrogen-bond acceptors (Lipinski definition) is 2. The Morgan fingerprint density at radius 2 is 1.69 bits per heavy atom. The molecule has 0 spiro atoms. The Morgan fingerprint density at radius 1 is 1.15 bits per heavy atom. The summed E-state index contributed by atoms with van der Waals surface area (Å²) in [5.74, 6) is -0.163. The molecule has 0 aliphatic rings. The third-order valence-electron chi connectivity index (χ3n) is 1.80. The van der Waals surface area contributed by atoms with Crippen LogP contribution in [-0.2, 0) is 9.53 Å². The summed E-state index contributed by atoms with van der Waals surface area (Å²) in [6.07, 6.45) is 7.40. The largest absolute Gasteiger partial charge is 1.00 e. The number of hydrogen-bond donors (Lipinski definition) is 0. The topological polar surface area (TPSA) is 26.3 Å². The molecule has 0 aliphatic heterocycles. The van der Waals surface area contributed by atoms with Crippen molar-refractivity contribution in [3.63, 3.8) is 0 Å². The molecule has 0 bridgehead atoms. The molecule has 0 aromatic carbocycles. The van der Waals surface area contributed by atoms with E-state index in [4.69, 9.17) is 4.74 Å². The minimum absolute atomic E-state index is 0. The third-order valence-corrected chi connectivity index (χ3v) is 1.80. The van der Waals surface area contributed by atoms with Crippen LogP contribution in [0.2, 0.25) is 0 Å². The monoisotopic (exact) mass is 196 g/mol. The van der Waals surface area contributed by atoms with Gasteiger partial charge in [0.2, 0.25) is 0 Å². The maximum atomic E-state index is 10.4. The predicted octanol–water partition coefficient (Wildman–Crippen LogP) is 0.0265. The molecule has 0 rings (SSSR count). The second-order valence-electron chi connectivity index (χ2n) is 3.11. The van der Waals surface area contributed by atoms with Crippen LogP contribution in [0.5, 0.6) is 0 Å². The van der Waals surface area contributed by atoms with Crippen molar-refractivity contribution in [1.29, 1.82) is 0 Å². The standard InChI is InChI=1S/C10H20O2.Na.H/c1-3-4-5-6-7-8-9-12-10(2)11;;/h3-9H2,1-2H3;;/q;+1;-1. The van der Waals surface area contributed by atoms with E-state index in [0.29, 0.717) is 6.61 Å². The number of unbranched alkanes of at least 4 members (excludes halogenated alkanes) is 5. The SMILES string of the molecule is CCCCCCCCOC(C)=O.[H-].[Na+]. The fourth-order valence-corrected chi connectivity index (χ4v) is 1.10. The summed E-state index contributed by atoms with van der Waals surface area (Å²) >= 11 is 0. The van der Waals surface area contributed by atoms with Crippen LogP contribution in [0.25, 0.3) is 0 Å². The molecule has 0 radical (unpaired) electrons. The van der Waals surface area contributed by atoms with Crippen molar-refractivity contribution in [2.24, 2.45) is 0 Å². The first-order valence-electron chi connectivity index (χ1n) is 4.90. The number of esters is 1. The van der Waals surface area contributed by atoms with Crippen LogP contribution in [-0.4, -0.2) is 12.6 Å². The Bertz CT molecular complexity index is 121. The fourth-order valence-electron chi connectivity index (χ4n) is 1.10. The number of rotatable bonds is 7. The second kappa shape index (κ2) is 12.5. The molecule has 0 heterocycles. The number of carbonyl (C=O) groups excluding carboxylic acids is 1. The average molecular weight is 196 g/mol. The molecule has 0 N–H and O–H groups in total. The molecule has 0 unspecified atom stereocenters. The molecule has 0 aromatic rings. The van der Waals surface area contributed by atoms with Gasteiger partial charge in [0.25, 0.3) is 0 Å². The average Bonchev–Trinajstić information content (AvgIpc) is 2.02. The Balaban J connectivity index is -0.000000605. The molecule has 13 heavy (non-hydrogen) atoms. The molecule has 0 atom stereocenters. The van der Waals surface area contributed by atoms with Gasteiger partial charge in [-0.2, -0.15) is 0 Å². The Morgan fingerprint density at radius 3 is 2.23 bits per heavy atom. The van der Waals surface area contributed by atoms with Gasteiger partial charge in [-0.1, -0.05) is 39.0 Å². The van der Waals surface area contributed by atoms with Crippen LogP contribution in [0.4, 0.5) is 0 Å². The van der Waals surface area contributed by atoms with Gasteiger partial charge in [-0.3, -0.25) is 4.79 Å². The predicted molar refractivity (Wildman–Crippen MR) is 51.1 cm³/mol. The van der Waals surface area contributed by atoms with Gasteiger partial charge in [0.15, 0.2) is 0 Å². The first-order chi connectivity index (χ1) is 5.77. The molecule has 0 saturated heterocycles.